The van der Waals surface area contributed by atoms with Gasteiger partial charge >= 0.3 is 0 Å². The summed E-state index contributed by atoms with van der Waals surface area (Å²) in [7, 11) is 0. The summed E-state index contributed by atoms with van der Waals surface area (Å²) in [5.74, 6) is -0.115. The fourth-order valence-corrected chi connectivity index (χ4v) is 2.96. The number of nitrogens with zero attached hydrogens (tertiary/aromatic N) is 1. The van der Waals surface area contributed by atoms with Gasteiger partial charge in [0.1, 0.15) is 5.82 Å². The molecule has 22 heavy (non-hydrogen) atoms. The Balaban J connectivity index is 1.95. The summed E-state index contributed by atoms with van der Waals surface area (Å²) in [5, 5.41) is 3.26. The molecule has 0 bridgehead atoms. The fourth-order valence-electron chi connectivity index (χ4n) is 2.11. The van der Waals surface area contributed by atoms with Gasteiger partial charge in [-0.15, -0.1) is 11.3 Å². The predicted octanol–water partition coefficient (Wildman–Crippen LogP) is 3.18. The minimum atomic E-state index is -0.532. The zero-order valence-electron chi connectivity index (χ0n) is 12.7. The Kier molecular flexibility index (Phi) is 5.63. The van der Waals surface area contributed by atoms with E-state index < -0.39 is 6.04 Å². The van der Waals surface area contributed by atoms with Crippen LogP contribution in [0.3, 0.4) is 0 Å². The van der Waals surface area contributed by atoms with Gasteiger partial charge in [0.25, 0.3) is 0 Å². The monoisotopic (exact) mass is 321 g/mol. The summed E-state index contributed by atoms with van der Waals surface area (Å²) < 4.78 is 13.2. The predicted molar refractivity (Wildman–Crippen MR) is 87.4 cm³/mol. The Labute approximate surface area is 133 Å². The smallest absolute Gasteiger partial charge is 0.243 e. The molecule has 0 fully saturated rings. The standard InChI is InChI=1S/C16H20FN3OS/c1-10(2)6-14(18)15(21)20-16-19-9-13(22-16)8-11-4-3-5-12(17)7-11/h3-5,7,9-10,14H,6,8,18H2,1-2H3,(H,19,20,21)/t14-/m0/s1. The zero-order valence-corrected chi connectivity index (χ0v) is 13.5. The first kappa shape index (κ1) is 16.6. The molecule has 0 aliphatic carbocycles. The van der Waals surface area contributed by atoms with E-state index in [0.29, 0.717) is 23.9 Å². The second-order valence-electron chi connectivity index (χ2n) is 5.66. The Morgan fingerprint density at radius 1 is 1.45 bits per heavy atom. The molecule has 1 aromatic carbocycles. The lowest BCUT2D eigenvalue weighted by Crippen LogP contribution is -2.36. The Hall–Kier alpha value is -1.79. The number of benzene rings is 1. The fraction of sp³-hybridized carbons (Fsp3) is 0.375. The van der Waals surface area contributed by atoms with Gasteiger partial charge in [-0.25, -0.2) is 9.37 Å². The number of hydrogen-bond donors (Lipinski definition) is 2. The molecule has 0 unspecified atom stereocenters. The second-order valence-corrected chi connectivity index (χ2v) is 6.78. The minimum absolute atomic E-state index is 0.222. The van der Waals surface area contributed by atoms with E-state index >= 15 is 0 Å². The van der Waals surface area contributed by atoms with E-state index in [0.717, 1.165) is 10.4 Å². The number of thiazole rings is 1. The van der Waals surface area contributed by atoms with E-state index in [-0.39, 0.29) is 11.7 Å². The first-order chi connectivity index (χ1) is 10.4. The van der Waals surface area contributed by atoms with Crippen LogP contribution >= 0.6 is 11.3 Å². The topological polar surface area (TPSA) is 68.0 Å². The summed E-state index contributed by atoms with van der Waals surface area (Å²) in [4.78, 5) is 17.1. The first-order valence-corrected chi connectivity index (χ1v) is 8.01. The lowest BCUT2D eigenvalue weighted by atomic mass is 10.0. The van der Waals surface area contributed by atoms with Crippen LogP contribution in [0, 0.1) is 11.7 Å². The second kappa shape index (κ2) is 7.47. The van der Waals surface area contributed by atoms with Crippen molar-refractivity contribution in [2.24, 2.45) is 11.7 Å². The van der Waals surface area contributed by atoms with E-state index in [1.807, 2.05) is 19.9 Å². The molecule has 1 aromatic heterocycles. The molecule has 1 atom stereocenters. The lowest BCUT2D eigenvalue weighted by molar-refractivity contribution is -0.117. The van der Waals surface area contributed by atoms with Crippen molar-refractivity contribution in [1.82, 2.24) is 4.98 Å². The molecule has 118 valence electrons. The summed E-state index contributed by atoms with van der Waals surface area (Å²) >= 11 is 1.38. The molecule has 1 amide bonds. The van der Waals surface area contributed by atoms with E-state index in [1.165, 1.54) is 23.5 Å². The van der Waals surface area contributed by atoms with Crippen molar-refractivity contribution in [3.63, 3.8) is 0 Å². The first-order valence-electron chi connectivity index (χ1n) is 7.19. The average Bonchev–Trinajstić information content (AvgIpc) is 2.85. The van der Waals surface area contributed by atoms with Crippen molar-refractivity contribution < 1.29 is 9.18 Å². The SMILES string of the molecule is CC(C)C[C@H](N)C(=O)Nc1ncc(Cc2cccc(F)c2)s1. The maximum Gasteiger partial charge on any atom is 0.243 e. The summed E-state index contributed by atoms with van der Waals surface area (Å²) in [6.45, 7) is 4.04. The number of carbonyl (C=O) groups excluding carboxylic acids is 1. The van der Waals surface area contributed by atoms with Crippen molar-refractivity contribution in [3.05, 3.63) is 46.7 Å². The van der Waals surface area contributed by atoms with E-state index in [4.69, 9.17) is 5.73 Å². The van der Waals surface area contributed by atoms with Gasteiger partial charge in [0.2, 0.25) is 5.91 Å². The van der Waals surface area contributed by atoms with Gasteiger partial charge in [0.15, 0.2) is 5.13 Å². The van der Waals surface area contributed by atoms with Crippen LogP contribution in [-0.2, 0) is 11.2 Å². The molecule has 3 N–H and O–H groups in total. The van der Waals surface area contributed by atoms with Crippen LogP contribution in [0.2, 0.25) is 0 Å². The molecule has 0 radical (unpaired) electrons. The van der Waals surface area contributed by atoms with Crippen LogP contribution in [-0.4, -0.2) is 16.9 Å². The van der Waals surface area contributed by atoms with Gasteiger partial charge in [0.05, 0.1) is 6.04 Å². The maximum atomic E-state index is 13.2. The highest BCUT2D eigenvalue weighted by atomic mass is 32.1. The number of aromatic nitrogens is 1. The highest BCUT2D eigenvalue weighted by Gasteiger charge is 2.16. The molecule has 2 rings (SSSR count). The van der Waals surface area contributed by atoms with Crippen molar-refractivity contribution in [2.45, 2.75) is 32.7 Å². The van der Waals surface area contributed by atoms with Crippen LogP contribution in [0.25, 0.3) is 0 Å². The molecule has 1 heterocycles. The number of nitrogens with one attached hydrogen (secondary N) is 1. The van der Waals surface area contributed by atoms with Gasteiger partial charge in [-0.2, -0.15) is 0 Å². The highest BCUT2D eigenvalue weighted by molar-refractivity contribution is 7.15. The third-order valence-electron chi connectivity index (χ3n) is 3.11. The quantitative estimate of drug-likeness (QED) is 0.858. The van der Waals surface area contributed by atoms with Crippen molar-refractivity contribution in [2.75, 3.05) is 5.32 Å². The normalized spacial score (nSPS) is 12.4. The molecule has 0 aliphatic heterocycles. The summed E-state index contributed by atoms with van der Waals surface area (Å²) in [6.07, 6.45) is 2.91. The summed E-state index contributed by atoms with van der Waals surface area (Å²) in [5.41, 5.74) is 6.71. The lowest BCUT2D eigenvalue weighted by Gasteiger charge is -2.12. The van der Waals surface area contributed by atoms with Crippen LogP contribution in [0.4, 0.5) is 9.52 Å². The Bertz CT molecular complexity index is 642. The largest absolute Gasteiger partial charge is 0.320 e. The van der Waals surface area contributed by atoms with Gasteiger partial charge in [-0.3, -0.25) is 4.79 Å². The third kappa shape index (κ3) is 4.89. The number of anilines is 1. The molecule has 4 nitrogen and oxygen atoms in total. The number of carbonyl (C=O) groups is 1. The van der Waals surface area contributed by atoms with Crippen LogP contribution in [0.1, 0.15) is 30.7 Å². The van der Waals surface area contributed by atoms with Crippen LogP contribution < -0.4 is 11.1 Å². The van der Waals surface area contributed by atoms with Gasteiger partial charge in [0, 0.05) is 17.5 Å². The van der Waals surface area contributed by atoms with E-state index in [9.17, 15) is 9.18 Å². The van der Waals surface area contributed by atoms with Crippen LogP contribution in [0.5, 0.6) is 0 Å². The Morgan fingerprint density at radius 2 is 2.23 bits per heavy atom. The number of nitrogens with two attached hydrogens (primary N) is 1. The van der Waals surface area contributed by atoms with Gasteiger partial charge in [-0.1, -0.05) is 26.0 Å². The molecular weight excluding hydrogens is 301 g/mol. The maximum absolute atomic E-state index is 13.2. The van der Waals surface area contributed by atoms with Crippen molar-refractivity contribution in [1.29, 1.82) is 0 Å². The molecule has 0 saturated carbocycles. The molecular formula is C16H20FN3OS. The highest BCUT2D eigenvalue weighted by Crippen LogP contribution is 2.21. The third-order valence-corrected chi connectivity index (χ3v) is 4.03. The molecule has 0 saturated heterocycles. The molecule has 6 heteroatoms. The number of halogens is 1. The Morgan fingerprint density at radius 3 is 2.91 bits per heavy atom. The van der Waals surface area contributed by atoms with E-state index in [1.54, 1.807) is 12.3 Å². The summed E-state index contributed by atoms with van der Waals surface area (Å²) in [6, 6.07) is 5.92. The molecule has 0 aliphatic rings. The molecule has 2 aromatic rings. The minimum Gasteiger partial charge on any atom is -0.320 e. The van der Waals surface area contributed by atoms with Gasteiger partial charge < -0.3 is 11.1 Å². The van der Waals surface area contributed by atoms with Crippen molar-refractivity contribution >= 4 is 22.4 Å². The van der Waals surface area contributed by atoms with Gasteiger partial charge in [-0.05, 0) is 30.0 Å². The van der Waals surface area contributed by atoms with E-state index in [2.05, 4.69) is 10.3 Å². The van der Waals surface area contributed by atoms with Crippen molar-refractivity contribution in [3.8, 4) is 0 Å². The van der Waals surface area contributed by atoms with Crippen LogP contribution in [0.15, 0.2) is 30.5 Å². The zero-order chi connectivity index (χ0) is 16.1. The number of hydrogen-bond acceptors (Lipinski definition) is 4. The number of amides is 1. The molecule has 0 spiro atoms. The average molecular weight is 321 g/mol. The number of rotatable bonds is 6.